The second-order valence-corrected chi connectivity index (χ2v) is 7.92. The van der Waals surface area contributed by atoms with Crippen molar-refractivity contribution in [2.24, 2.45) is 10.7 Å². The Morgan fingerprint density at radius 3 is 2.55 bits per heavy atom. The molecule has 0 fully saturated rings. The highest BCUT2D eigenvalue weighted by Gasteiger charge is 2.21. The molecule has 0 atom stereocenters. The van der Waals surface area contributed by atoms with E-state index in [4.69, 9.17) is 17.3 Å². The second-order valence-electron chi connectivity index (χ2n) is 7.48. The number of carbonyl (C=O) groups excluding carboxylic acids is 2. The number of nitrogens with one attached hydrogen (secondary N) is 1. The van der Waals surface area contributed by atoms with Crippen LogP contribution in [0.25, 0.3) is 6.08 Å². The van der Waals surface area contributed by atoms with Crippen molar-refractivity contribution in [3.8, 4) is 0 Å². The van der Waals surface area contributed by atoms with Crippen molar-refractivity contribution in [1.82, 2.24) is 4.90 Å². The number of nitrogens with two attached hydrogens (primary N) is 1. The van der Waals surface area contributed by atoms with E-state index < -0.39 is 0 Å². The molecule has 6 nitrogen and oxygen atoms in total. The molecule has 0 unspecified atom stereocenters. The fourth-order valence-corrected chi connectivity index (χ4v) is 3.69. The van der Waals surface area contributed by atoms with Crippen LogP contribution in [0.1, 0.15) is 49.0 Å². The van der Waals surface area contributed by atoms with Gasteiger partial charge in [-0.25, -0.2) is 4.99 Å². The van der Waals surface area contributed by atoms with Crippen LogP contribution in [0, 0.1) is 0 Å². The Kier molecular flexibility index (Phi) is 7.47. The number of benzene rings is 2. The Morgan fingerprint density at radius 2 is 1.87 bits per heavy atom. The molecule has 3 N–H and O–H groups in total. The van der Waals surface area contributed by atoms with Crippen molar-refractivity contribution in [2.75, 3.05) is 18.4 Å². The number of hydrogen-bond donors (Lipinski definition) is 2. The van der Waals surface area contributed by atoms with Gasteiger partial charge in [0, 0.05) is 46.9 Å². The first-order valence-corrected chi connectivity index (χ1v) is 10.8. The molecule has 1 aliphatic heterocycles. The Bertz CT molecular complexity index is 1040. The van der Waals surface area contributed by atoms with E-state index in [1.165, 1.54) is 0 Å². The van der Waals surface area contributed by atoms with Crippen LogP contribution >= 0.6 is 11.6 Å². The highest BCUT2D eigenvalue weighted by Crippen LogP contribution is 2.29. The van der Waals surface area contributed by atoms with E-state index >= 15 is 0 Å². The maximum Gasteiger partial charge on any atom is 0.255 e. The molecule has 162 valence electrons. The van der Waals surface area contributed by atoms with Gasteiger partial charge >= 0.3 is 0 Å². The SMILES string of the molecule is CCCN(CCC)C(=O)C1=Cc2ccc(C(=O)Nc3cccc(Cl)c3)cc2N=C(N)C1. The summed E-state index contributed by atoms with van der Waals surface area (Å²) in [5.41, 5.74) is 9.10. The van der Waals surface area contributed by atoms with Crippen LogP contribution in [0.2, 0.25) is 5.02 Å². The third kappa shape index (κ3) is 5.73. The lowest BCUT2D eigenvalue weighted by Crippen LogP contribution is -2.34. The molecule has 0 bridgehead atoms. The van der Waals surface area contributed by atoms with Crippen LogP contribution in [0.4, 0.5) is 11.4 Å². The molecule has 1 aliphatic rings. The zero-order valence-electron chi connectivity index (χ0n) is 17.8. The number of carbonyl (C=O) groups is 2. The van der Waals surface area contributed by atoms with Crippen molar-refractivity contribution in [2.45, 2.75) is 33.1 Å². The standard InChI is InChI=1S/C24H27ClN4O2/c1-3-10-29(11-4-2)24(31)18-12-16-8-9-17(13-21(16)28-22(26)14-18)23(30)27-20-7-5-6-19(25)15-20/h5-9,12-13,15H,3-4,10-11,14H2,1-2H3,(H2,26,28)(H,27,30). The van der Waals surface area contributed by atoms with Gasteiger partial charge in [-0.1, -0.05) is 37.6 Å². The van der Waals surface area contributed by atoms with Crippen LogP contribution < -0.4 is 11.1 Å². The molecule has 2 amide bonds. The lowest BCUT2D eigenvalue weighted by molar-refractivity contribution is -0.127. The third-order valence-electron chi connectivity index (χ3n) is 4.89. The van der Waals surface area contributed by atoms with E-state index in [1.807, 2.05) is 11.0 Å². The molecule has 0 radical (unpaired) electrons. The van der Waals surface area contributed by atoms with Gasteiger partial charge in [0.05, 0.1) is 5.69 Å². The number of nitrogens with zero attached hydrogens (tertiary/aromatic N) is 2. The van der Waals surface area contributed by atoms with Crippen LogP contribution in [0.5, 0.6) is 0 Å². The summed E-state index contributed by atoms with van der Waals surface area (Å²) < 4.78 is 0. The smallest absolute Gasteiger partial charge is 0.255 e. The molecule has 31 heavy (non-hydrogen) atoms. The van der Waals surface area contributed by atoms with Gasteiger partial charge in [0.1, 0.15) is 5.84 Å². The minimum absolute atomic E-state index is 0.0162. The normalized spacial score (nSPS) is 12.9. The quantitative estimate of drug-likeness (QED) is 0.636. The minimum atomic E-state index is -0.277. The molecule has 2 aromatic rings. The summed E-state index contributed by atoms with van der Waals surface area (Å²) in [5.74, 6) is 0.0524. The predicted molar refractivity (Wildman–Crippen MR) is 127 cm³/mol. The van der Waals surface area contributed by atoms with E-state index in [0.29, 0.717) is 46.5 Å². The predicted octanol–water partition coefficient (Wildman–Crippen LogP) is 5.02. The van der Waals surface area contributed by atoms with Crippen LogP contribution in [0.3, 0.4) is 0 Å². The van der Waals surface area contributed by atoms with Crippen molar-refractivity contribution in [3.63, 3.8) is 0 Å². The fraction of sp³-hybridized carbons (Fsp3) is 0.292. The summed E-state index contributed by atoms with van der Waals surface area (Å²) in [7, 11) is 0. The molecule has 3 rings (SSSR count). The van der Waals surface area contributed by atoms with Gasteiger partial charge in [-0.15, -0.1) is 0 Å². The van der Waals surface area contributed by atoms with Gasteiger partial charge < -0.3 is 16.0 Å². The maximum atomic E-state index is 13.1. The van der Waals surface area contributed by atoms with E-state index in [0.717, 1.165) is 18.4 Å². The van der Waals surface area contributed by atoms with Crippen molar-refractivity contribution < 1.29 is 9.59 Å². The van der Waals surface area contributed by atoms with Crippen LogP contribution in [-0.2, 0) is 4.79 Å². The van der Waals surface area contributed by atoms with Gasteiger partial charge in [-0.3, -0.25) is 9.59 Å². The number of hydrogen-bond acceptors (Lipinski definition) is 4. The number of anilines is 1. The lowest BCUT2D eigenvalue weighted by Gasteiger charge is -2.22. The topological polar surface area (TPSA) is 87.8 Å². The first-order chi connectivity index (χ1) is 14.9. The highest BCUT2D eigenvalue weighted by atomic mass is 35.5. The van der Waals surface area contributed by atoms with Crippen LogP contribution in [0.15, 0.2) is 53.0 Å². The molecule has 0 aliphatic carbocycles. The summed E-state index contributed by atoms with van der Waals surface area (Å²) in [6, 6.07) is 12.1. The Hall–Kier alpha value is -3.12. The molecule has 7 heteroatoms. The number of fused-ring (bicyclic) bond motifs is 1. The fourth-order valence-electron chi connectivity index (χ4n) is 3.50. The van der Waals surface area contributed by atoms with Gasteiger partial charge in [0.15, 0.2) is 0 Å². The van der Waals surface area contributed by atoms with Crippen LogP contribution in [-0.4, -0.2) is 35.6 Å². The molecule has 2 aromatic carbocycles. The number of aliphatic imine (C=N–C) groups is 1. The summed E-state index contributed by atoms with van der Waals surface area (Å²) >= 11 is 5.98. The molecule has 0 saturated carbocycles. The number of halogens is 1. The first kappa shape index (κ1) is 22.6. The summed E-state index contributed by atoms with van der Waals surface area (Å²) in [6.45, 7) is 5.52. The minimum Gasteiger partial charge on any atom is -0.387 e. The van der Waals surface area contributed by atoms with Gasteiger partial charge in [-0.2, -0.15) is 0 Å². The molecular weight excluding hydrogens is 412 g/mol. The second kappa shape index (κ2) is 10.3. The Balaban J connectivity index is 1.87. The van der Waals surface area contributed by atoms with E-state index in [1.54, 1.807) is 42.5 Å². The average molecular weight is 439 g/mol. The monoisotopic (exact) mass is 438 g/mol. The van der Waals surface area contributed by atoms with Crippen molar-refractivity contribution in [1.29, 1.82) is 0 Å². The molecule has 1 heterocycles. The van der Waals surface area contributed by atoms with Gasteiger partial charge in [0.2, 0.25) is 5.91 Å². The molecule has 0 saturated heterocycles. The van der Waals surface area contributed by atoms with E-state index in [2.05, 4.69) is 24.2 Å². The maximum absolute atomic E-state index is 13.1. The number of amidine groups is 1. The van der Waals surface area contributed by atoms with E-state index in [9.17, 15) is 9.59 Å². The summed E-state index contributed by atoms with van der Waals surface area (Å²) in [4.78, 5) is 32.1. The Morgan fingerprint density at radius 1 is 1.13 bits per heavy atom. The molecule has 0 spiro atoms. The average Bonchev–Trinajstić information content (AvgIpc) is 2.90. The van der Waals surface area contributed by atoms with E-state index in [-0.39, 0.29) is 18.2 Å². The first-order valence-electron chi connectivity index (χ1n) is 10.4. The zero-order valence-corrected chi connectivity index (χ0v) is 18.6. The largest absolute Gasteiger partial charge is 0.387 e. The molecular formula is C24H27ClN4O2. The zero-order chi connectivity index (χ0) is 22.4. The summed E-state index contributed by atoms with van der Waals surface area (Å²) in [6.07, 6.45) is 3.90. The highest BCUT2D eigenvalue weighted by molar-refractivity contribution is 6.31. The van der Waals surface area contributed by atoms with Crippen molar-refractivity contribution >= 4 is 46.7 Å². The summed E-state index contributed by atoms with van der Waals surface area (Å²) in [5, 5.41) is 3.36. The number of rotatable bonds is 7. The molecule has 0 aromatic heterocycles. The van der Waals surface area contributed by atoms with Crippen molar-refractivity contribution in [3.05, 3.63) is 64.2 Å². The third-order valence-corrected chi connectivity index (χ3v) is 5.12. The number of amides is 2. The van der Waals surface area contributed by atoms with Gasteiger partial charge in [-0.05, 0) is 49.2 Å². The Labute approximate surface area is 187 Å². The lowest BCUT2D eigenvalue weighted by atomic mass is 10.0. The van der Waals surface area contributed by atoms with Gasteiger partial charge in [0.25, 0.3) is 5.91 Å².